The third kappa shape index (κ3) is 1.65. The fourth-order valence-electron chi connectivity index (χ4n) is 3.22. The van der Waals surface area contributed by atoms with E-state index < -0.39 is 0 Å². The fourth-order valence-corrected chi connectivity index (χ4v) is 4.14. The van der Waals surface area contributed by atoms with Crippen LogP contribution in [-0.4, -0.2) is 16.1 Å². The first-order valence-electron chi connectivity index (χ1n) is 6.97. The highest BCUT2D eigenvalue weighted by molar-refractivity contribution is 7.10. The second-order valence-corrected chi connectivity index (χ2v) is 6.41. The van der Waals surface area contributed by atoms with Gasteiger partial charge >= 0.3 is 0 Å². The first-order chi connectivity index (χ1) is 9.75. The molecular formula is C16H17N3S. The minimum Gasteiger partial charge on any atom is -0.329 e. The first kappa shape index (κ1) is 12.1. The summed E-state index contributed by atoms with van der Waals surface area (Å²) in [5.74, 6) is 1.12. The Morgan fingerprint density at radius 3 is 3.10 bits per heavy atom. The summed E-state index contributed by atoms with van der Waals surface area (Å²) < 4.78 is 2.25. The zero-order valence-corrected chi connectivity index (χ0v) is 12.5. The normalized spacial score (nSPS) is 18.4. The van der Waals surface area contributed by atoms with Crippen LogP contribution in [0.3, 0.4) is 0 Å². The van der Waals surface area contributed by atoms with Crippen molar-refractivity contribution in [2.75, 3.05) is 6.54 Å². The van der Waals surface area contributed by atoms with Gasteiger partial charge in [0.1, 0.15) is 5.82 Å². The van der Waals surface area contributed by atoms with E-state index in [0.717, 1.165) is 24.3 Å². The van der Waals surface area contributed by atoms with Crippen molar-refractivity contribution in [2.24, 2.45) is 7.05 Å². The summed E-state index contributed by atoms with van der Waals surface area (Å²) in [4.78, 5) is 6.38. The Morgan fingerprint density at radius 2 is 2.25 bits per heavy atom. The zero-order chi connectivity index (χ0) is 13.7. The van der Waals surface area contributed by atoms with Crippen LogP contribution in [-0.2, 0) is 13.5 Å². The Labute approximate surface area is 122 Å². The molecule has 4 rings (SSSR count). The standard InChI is InChI=1S/C16H17N3S/c1-10-4-3-5-12-15(10)19(2)16(18-12)14-11-7-9-20-13(11)6-8-17-14/h3-5,7,9,14,17H,6,8H2,1-2H3. The van der Waals surface area contributed by atoms with E-state index in [2.05, 4.69) is 53.5 Å². The Balaban J connectivity index is 1.93. The molecule has 0 saturated heterocycles. The van der Waals surface area contributed by atoms with Gasteiger partial charge in [-0.1, -0.05) is 12.1 Å². The molecule has 20 heavy (non-hydrogen) atoms. The highest BCUT2D eigenvalue weighted by Crippen LogP contribution is 2.33. The maximum atomic E-state index is 4.88. The van der Waals surface area contributed by atoms with Crippen molar-refractivity contribution in [1.29, 1.82) is 0 Å². The molecule has 2 aromatic heterocycles. The molecule has 1 unspecified atom stereocenters. The minimum absolute atomic E-state index is 0.224. The summed E-state index contributed by atoms with van der Waals surface area (Å²) in [5, 5.41) is 5.82. The highest BCUT2D eigenvalue weighted by atomic mass is 32.1. The average Bonchev–Trinajstić information content (AvgIpc) is 3.04. The third-order valence-electron chi connectivity index (χ3n) is 4.18. The summed E-state index contributed by atoms with van der Waals surface area (Å²) in [6, 6.07) is 8.80. The van der Waals surface area contributed by atoms with Gasteiger partial charge in [0.15, 0.2) is 0 Å². The second kappa shape index (κ2) is 4.43. The highest BCUT2D eigenvalue weighted by Gasteiger charge is 2.26. The number of hydrogen-bond donors (Lipinski definition) is 1. The van der Waals surface area contributed by atoms with E-state index in [1.54, 1.807) is 0 Å². The smallest absolute Gasteiger partial charge is 0.131 e. The number of aromatic nitrogens is 2. The Morgan fingerprint density at radius 1 is 1.35 bits per heavy atom. The number of imidazole rings is 1. The van der Waals surface area contributed by atoms with Gasteiger partial charge in [0.05, 0.1) is 17.1 Å². The maximum Gasteiger partial charge on any atom is 0.131 e. The van der Waals surface area contributed by atoms with Crippen molar-refractivity contribution in [3.63, 3.8) is 0 Å². The van der Waals surface area contributed by atoms with Crippen LogP contribution < -0.4 is 5.32 Å². The van der Waals surface area contributed by atoms with Gasteiger partial charge in [0.2, 0.25) is 0 Å². The molecule has 102 valence electrons. The van der Waals surface area contributed by atoms with Crippen molar-refractivity contribution < 1.29 is 0 Å². The number of hydrogen-bond acceptors (Lipinski definition) is 3. The molecule has 3 heterocycles. The Bertz CT molecular complexity index is 784. The number of aryl methyl sites for hydroxylation is 2. The molecule has 1 aliphatic rings. The van der Waals surface area contributed by atoms with Gasteiger partial charge in [-0.25, -0.2) is 4.98 Å². The van der Waals surface area contributed by atoms with E-state index in [1.807, 2.05) is 11.3 Å². The van der Waals surface area contributed by atoms with E-state index in [1.165, 1.54) is 21.5 Å². The SMILES string of the molecule is Cc1cccc2nc(C3NCCc4sccc43)n(C)c12. The molecule has 0 fully saturated rings. The molecule has 0 radical (unpaired) electrons. The lowest BCUT2D eigenvalue weighted by Gasteiger charge is -2.23. The molecule has 1 aliphatic heterocycles. The second-order valence-electron chi connectivity index (χ2n) is 5.41. The Kier molecular flexibility index (Phi) is 2.69. The minimum atomic E-state index is 0.224. The molecule has 0 aliphatic carbocycles. The lowest BCUT2D eigenvalue weighted by molar-refractivity contribution is 0.538. The summed E-state index contributed by atoms with van der Waals surface area (Å²) in [6.45, 7) is 3.18. The predicted molar refractivity (Wildman–Crippen MR) is 83.3 cm³/mol. The molecule has 0 spiro atoms. The van der Waals surface area contributed by atoms with Crippen molar-refractivity contribution >= 4 is 22.4 Å². The molecule has 0 amide bonds. The summed E-state index contributed by atoms with van der Waals surface area (Å²) >= 11 is 1.86. The number of fused-ring (bicyclic) bond motifs is 2. The molecular weight excluding hydrogens is 266 g/mol. The lowest BCUT2D eigenvalue weighted by atomic mass is 10.0. The van der Waals surface area contributed by atoms with Crippen LogP contribution in [0.4, 0.5) is 0 Å². The van der Waals surface area contributed by atoms with Gasteiger partial charge in [0.25, 0.3) is 0 Å². The average molecular weight is 283 g/mol. The van der Waals surface area contributed by atoms with E-state index in [-0.39, 0.29) is 6.04 Å². The summed E-state index contributed by atoms with van der Waals surface area (Å²) in [5.41, 5.74) is 5.01. The quantitative estimate of drug-likeness (QED) is 0.743. The van der Waals surface area contributed by atoms with Crippen LogP contribution in [0.2, 0.25) is 0 Å². The van der Waals surface area contributed by atoms with Gasteiger partial charge in [-0.3, -0.25) is 0 Å². The number of nitrogens with zero attached hydrogens (tertiary/aromatic N) is 2. The molecule has 3 aromatic rings. The molecule has 3 nitrogen and oxygen atoms in total. The van der Waals surface area contributed by atoms with Crippen molar-refractivity contribution in [2.45, 2.75) is 19.4 Å². The first-order valence-corrected chi connectivity index (χ1v) is 7.85. The van der Waals surface area contributed by atoms with Gasteiger partial charge in [-0.15, -0.1) is 11.3 Å². The third-order valence-corrected chi connectivity index (χ3v) is 5.18. The topological polar surface area (TPSA) is 29.9 Å². The van der Waals surface area contributed by atoms with Gasteiger partial charge in [0, 0.05) is 18.5 Å². The van der Waals surface area contributed by atoms with Crippen molar-refractivity contribution in [1.82, 2.24) is 14.9 Å². The number of benzene rings is 1. The molecule has 1 atom stereocenters. The molecule has 4 heteroatoms. The van der Waals surface area contributed by atoms with Crippen LogP contribution in [0.25, 0.3) is 11.0 Å². The van der Waals surface area contributed by atoms with E-state index in [9.17, 15) is 0 Å². The number of rotatable bonds is 1. The van der Waals surface area contributed by atoms with E-state index in [0.29, 0.717) is 0 Å². The van der Waals surface area contributed by atoms with E-state index in [4.69, 9.17) is 4.98 Å². The number of para-hydroxylation sites is 1. The lowest BCUT2D eigenvalue weighted by Crippen LogP contribution is -2.31. The molecule has 1 N–H and O–H groups in total. The summed E-state index contributed by atoms with van der Waals surface area (Å²) in [7, 11) is 2.12. The van der Waals surface area contributed by atoms with Crippen LogP contribution in [0, 0.1) is 6.92 Å². The largest absolute Gasteiger partial charge is 0.329 e. The van der Waals surface area contributed by atoms with Crippen molar-refractivity contribution in [3.05, 3.63) is 51.5 Å². The maximum absolute atomic E-state index is 4.88. The van der Waals surface area contributed by atoms with Crippen LogP contribution in [0.1, 0.15) is 27.9 Å². The predicted octanol–water partition coefficient (Wildman–Crippen LogP) is 3.18. The number of nitrogens with one attached hydrogen (secondary N) is 1. The molecule has 0 saturated carbocycles. The fraction of sp³-hybridized carbons (Fsp3) is 0.312. The van der Waals surface area contributed by atoms with Crippen LogP contribution in [0.15, 0.2) is 29.6 Å². The molecule has 1 aromatic carbocycles. The zero-order valence-electron chi connectivity index (χ0n) is 11.7. The Hall–Kier alpha value is -1.65. The van der Waals surface area contributed by atoms with Crippen LogP contribution >= 0.6 is 11.3 Å². The van der Waals surface area contributed by atoms with E-state index >= 15 is 0 Å². The van der Waals surface area contributed by atoms with Gasteiger partial charge in [-0.2, -0.15) is 0 Å². The number of thiophene rings is 1. The van der Waals surface area contributed by atoms with Crippen LogP contribution in [0.5, 0.6) is 0 Å². The monoisotopic (exact) mass is 283 g/mol. The van der Waals surface area contributed by atoms with Crippen molar-refractivity contribution in [3.8, 4) is 0 Å². The van der Waals surface area contributed by atoms with Gasteiger partial charge < -0.3 is 9.88 Å². The molecule has 0 bridgehead atoms. The van der Waals surface area contributed by atoms with Gasteiger partial charge in [-0.05, 0) is 42.0 Å². The summed E-state index contributed by atoms with van der Waals surface area (Å²) in [6.07, 6.45) is 1.13.